The van der Waals surface area contributed by atoms with Gasteiger partial charge in [0.15, 0.2) is 5.16 Å². The average molecular weight is 450 g/mol. The van der Waals surface area contributed by atoms with Crippen molar-refractivity contribution in [1.82, 2.24) is 19.9 Å². The van der Waals surface area contributed by atoms with E-state index >= 15 is 0 Å². The molecule has 152 valence electrons. The first-order valence-corrected chi connectivity index (χ1v) is 11.7. The highest BCUT2D eigenvalue weighted by Gasteiger charge is 2.32. The van der Waals surface area contributed by atoms with Gasteiger partial charge in [-0.3, -0.25) is 4.57 Å². The first-order chi connectivity index (χ1) is 14.2. The first-order valence-electron chi connectivity index (χ1n) is 9.93. The highest BCUT2D eigenvalue weighted by atomic mass is 35.5. The summed E-state index contributed by atoms with van der Waals surface area (Å²) in [6, 6.07) is 7.82. The van der Waals surface area contributed by atoms with E-state index in [9.17, 15) is 0 Å². The summed E-state index contributed by atoms with van der Waals surface area (Å²) < 4.78 is 7.86. The van der Waals surface area contributed by atoms with Crippen LogP contribution < -0.4 is 4.90 Å². The third kappa shape index (κ3) is 4.13. The van der Waals surface area contributed by atoms with E-state index in [0.717, 1.165) is 35.5 Å². The number of halogens is 2. The van der Waals surface area contributed by atoms with Gasteiger partial charge in [0.05, 0.1) is 10.8 Å². The molecule has 0 bridgehead atoms. The van der Waals surface area contributed by atoms with Crippen LogP contribution in [0, 0.1) is 0 Å². The van der Waals surface area contributed by atoms with Crippen LogP contribution in [0.5, 0.6) is 0 Å². The predicted molar refractivity (Wildman–Crippen MR) is 116 cm³/mol. The molecule has 9 heteroatoms. The third-order valence-corrected chi connectivity index (χ3v) is 6.82. The van der Waals surface area contributed by atoms with Crippen LogP contribution in [0.3, 0.4) is 0 Å². The maximum absolute atomic E-state index is 6.29. The van der Waals surface area contributed by atoms with Gasteiger partial charge in [-0.2, -0.15) is 0 Å². The fourth-order valence-electron chi connectivity index (χ4n) is 3.67. The van der Waals surface area contributed by atoms with Gasteiger partial charge in [-0.1, -0.05) is 40.1 Å². The number of thioether (sulfide) groups is 1. The zero-order chi connectivity index (χ0) is 19.8. The lowest BCUT2D eigenvalue weighted by atomic mass is 10.1. The Kier molecular flexibility index (Phi) is 5.45. The number of hydrogen-bond donors (Lipinski definition) is 0. The second-order valence-corrected chi connectivity index (χ2v) is 9.31. The normalized spacial score (nSPS) is 17.1. The molecule has 0 unspecified atom stereocenters. The smallest absolute Gasteiger partial charge is 0.228 e. The van der Waals surface area contributed by atoms with Crippen molar-refractivity contribution in [2.75, 3.05) is 18.0 Å². The Morgan fingerprint density at radius 2 is 1.90 bits per heavy atom. The Labute approximate surface area is 183 Å². The van der Waals surface area contributed by atoms with Gasteiger partial charge < -0.3 is 9.42 Å². The van der Waals surface area contributed by atoms with Gasteiger partial charge in [0.25, 0.3) is 0 Å². The van der Waals surface area contributed by atoms with Crippen LogP contribution in [-0.4, -0.2) is 33.0 Å². The molecule has 0 radical (unpaired) electrons. The van der Waals surface area contributed by atoms with Gasteiger partial charge in [-0.25, -0.2) is 0 Å². The van der Waals surface area contributed by atoms with Crippen LogP contribution in [-0.2, 0) is 5.75 Å². The summed E-state index contributed by atoms with van der Waals surface area (Å²) in [6.45, 7) is 2.14. The van der Waals surface area contributed by atoms with Crippen molar-refractivity contribution in [3.63, 3.8) is 0 Å². The molecule has 2 aliphatic rings. The Morgan fingerprint density at radius 1 is 1.07 bits per heavy atom. The van der Waals surface area contributed by atoms with Crippen molar-refractivity contribution in [2.45, 2.75) is 49.1 Å². The SMILES string of the molecule is Clc1ccc(-c2cc(CSc3nnc(N4CCCCC4)n3C3CC3)on2)c(Cl)c1. The first kappa shape index (κ1) is 19.3. The van der Waals surface area contributed by atoms with Crippen LogP contribution in [0.2, 0.25) is 10.0 Å². The molecule has 5 rings (SSSR count). The molecule has 1 saturated carbocycles. The topological polar surface area (TPSA) is 60.0 Å². The lowest BCUT2D eigenvalue weighted by Gasteiger charge is -2.27. The summed E-state index contributed by atoms with van der Waals surface area (Å²) in [7, 11) is 0. The van der Waals surface area contributed by atoms with Crippen LogP contribution in [0.15, 0.2) is 33.9 Å². The molecule has 1 aromatic carbocycles. The van der Waals surface area contributed by atoms with Crippen molar-refractivity contribution in [3.8, 4) is 11.3 Å². The Balaban J connectivity index is 1.32. The molecular weight excluding hydrogens is 429 g/mol. The monoisotopic (exact) mass is 449 g/mol. The summed E-state index contributed by atoms with van der Waals surface area (Å²) in [6.07, 6.45) is 6.17. The molecule has 0 N–H and O–H groups in total. The molecule has 0 amide bonds. The molecule has 1 saturated heterocycles. The van der Waals surface area contributed by atoms with E-state index in [1.54, 1.807) is 23.9 Å². The molecule has 0 atom stereocenters. The Bertz CT molecular complexity index is 1010. The molecule has 6 nitrogen and oxygen atoms in total. The molecule has 3 aromatic rings. The number of piperidine rings is 1. The minimum absolute atomic E-state index is 0.530. The number of benzene rings is 1. The summed E-state index contributed by atoms with van der Waals surface area (Å²) in [5, 5.41) is 15.3. The van der Waals surface area contributed by atoms with E-state index in [-0.39, 0.29) is 0 Å². The van der Waals surface area contributed by atoms with Crippen molar-refractivity contribution in [1.29, 1.82) is 0 Å². The summed E-state index contributed by atoms with van der Waals surface area (Å²) in [5.74, 6) is 2.45. The van der Waals surface area contributed by atoms with Gasteiger partial charge >= 0.3 is 0 Å². The highest BCUT2D eigenvalue weighted by molar-refractivity contribution is 7.98. The van der Waals surface area contributed by atoms with E-state index in [1.807, 2.05) is 12.1 Å². The fourth-order valence-corrected chi connectivity index (χ4v) is 5.05. The summed E-state index contributed by atoms with van der Waals surface area (Å²) in [4.78, 5) is 2.38. The van der Waals surface area contributed by atoms with Crippen molar-refractivity contribution in [2.24, 2.45) is 0 Å². The molecule has 0 spiro atoms. The third-order valence-electron chi connectivity index (χ3n) is 5.31. The number of anilines is 1. The minimum Gasteiger partial charge on any atom is -0.360 e. The molecular formula is C20H21Cl2N5OS. The molecule has 29 heavy (non-hydrogen) atoms. The number of hydrogen-bond acceptors (Lipinski definition) is 6. The average Bonchev–Trinajstić information content (AvgIpc) is 3.30. The van der Waals surface area contributed by atoms with Crippen molar-refractivity contribution >= 4 is 40.9 Å². The van der Waals surface area contributed by atoms with Crippen molar-refractivity contribution < 1.29 is 4.52 Å². The molecule has 2 fully saturated rings. The highest BCUT2D eigenvalue weighted by Crippen LogP contribution is 2.42. The van der Waals surface area contributed by atoms with Crippen LogP contribution in [0.4, 0.5) is 5.95 Å². The van der Waals surface area contributed by atoms with Gasteiger partial charge in [-0.05, 0) is 50.3 Å². The van der Waals surface area contributed by atoms with E-state index < -0.39 is 0 Å². The van der Waals surface area contributed by atoms with Gasteiger partial charge in [0, 0.05) is 35.8 Å². The largest absolute Gasteiger partial charge is 0.360 e. The minimum atomic E-state index is 0.530. The lowest BCUT2D eigenvalue weighted by molar-refractivity contribution is 0.397. The van der Waals surface area contributed by atoms with Crippen LogP contribution in [0.25, 0.3) is 11.3 Å². The second kappa shape index (κ2) is 8.20. The van der Waals surface area contributed by atoms with Gasteiger partial charge in [-0.15, -0.1) is 10.2 Å². The van der Waals surface area contributed by atoms with Gasteiger partial charge in [0.1, 0.15) is 11.5 Å². The zero-order valence-electron chi connectivity index (χ0n) is 15.9. The van der Waals surface area contributed by atoms with E-state index in [2.05, 4.69) is 24.8 Å². The fraction of sp³-hybridized carbons (Fsp3) is 0.450. The number of nitrogens with zero attached hydrogens (tertiary/aromatic N) is 5. The quantitative estimate of drug-likeness (QED) is 0.439. The van der Waals surface area contributed by atoms with Crippen molar-refractivity contribution in [3.05, 3.63) is 40.1 Å². The summed E-state index contributed by atoms with van der Waals surface area (Å²) in [5.41, 5.74) is 1.52. The molecule has 1 aliphatic carbocycles. The van der Waals surface area contributed by atoms with Crippen LogP contribution >= 0.6 is 35.0 Å². The zero-order valence-corrected chi connectivity index (χ0v) is 18.2. The lowest BCUT2D eigenvalue weighted by Crippen LogP contribution is -2.31. The predicted octanol–water partition coefficient (Wildman–Crippen LogP) is 5.86. The maximum Gasteiger partial charge on any atom is 0.228 e. The second-order valence-electron chi connectivity index (χ2n) is 7.52. The van der Waals surface area contributed by atoms with E-state index in [1.165, 1.54) is 32.1 Å². The molecule has 2 aromatic heterocycles. The summed E-state index contributed by atoms with van der Waals surface area (Å²) >= 11 is 13.9. The maximum atomic E-state index is 6.29. The number of aromatic nitrogens is 4. The van der Waals surface area contributed by atoms with Gasteiger partial charge in [0.2, 0.25) is 5.95 Å². The molecule has 3 heterocycles. The Morgan fingerprint density at radius 3 is 2.66 bits per heavy atom. The van der Waals surface area contributed by atoms with E-state index in [0.29, 0.717) is 27.5 Å². The standard InChI is InChI=1S/C20H21Cl2N5OS/c21-13-4-7-16(17(22)10-13)18-11-15(28-25-18)12-29-20-24-23-19(27(20)14-5-6-14)26-8-2-1-3-9-26/h4,7,10-11,14H,1-3,5-6,8-9,12H2. The van der Waals surface area contributed by atoms with Crippen LogP contribution in [0.1, 0.15) is 43.9 Å². The Hall–Kier alpha value is -1.70. The molecule has 1 aliphatic heterocycles. The van der Waals surface area contributed by atoms with E-state index in [4.69, 9.17) is 27.7 Å². The number of rotatable bonds is 6.